The summed E-state index contributed by atoms with van der Waals surface area (Å²) in [6.07, 6.45) is 0.731. The van der Waals surface area contributed by atoms with Gasteiger partial charge in [0.25, 0.3) is 0 Å². The van der Waals surface area contributed by atoms with Crippen LogP contribution in [0.1, 0.15) is 24.6 Å². The minimum absolute atomic E-state index is 0.121. The van der Waals surface area contributed by atoms with Crippen LogP contribution in [0.5, 0.6) is 0 Å². The minimum atomic E-state index is -2.85. The molecule has 1 aliphatic heterocycles. The van der Waals surface area contributed by atoms with Gasteiger partial charge in [-0.25, -0.2) is 13.4 Å². The van der Waals surface area contributed by atoms with Gasteiger partial charge in [0, 0.05) is 23.7 Å². The van der Waals surface area contributed by atoms with Gasteiger partial charge in [0.15, 0.2) is 15.0 Å². The van der Waals surface area contributed by atoms with Crippen molar-refractivity contribution in [3.05, 3.63) is 40.9 Å². The van der Waals surface area contributed by atoms with Crippen LogP contribution in [0.15, 0.2) is 29.6 Å². The third-order valence-electron chi connectivity index (χ3n) is 4.35. The Balaban J connectivity index is 1.63. The monoisotopic (exact) mass is 365 g/mol. The number of aryl methyl sites for hydroxylation is 1. The van der Waals surface area contributed by atoms with Crippen molar-refractivity contribution >= 4 is 32.0 Å². The minimum Gasteiger partial charge on any atom is -0.332 e. The van der Waals surface area contributed by atoms with Crippen molar-refractivity contribution in [3.8, 4) is 0 Å². The molecule has 0 aliphatic carbocycles. The quantitative estimate of drug-likeness (QED) is 0.852. The van der Waals surface area contributed by atoms with Crippen LogP contribution in [0.4, 0.5) is 10.8 Å². The Kier molecular flexibility index (Phi) is 5.22. The van der Waals surface area contributed by atoms with E-state index in [1.54, 1.807) is 11.3 Å². The fourth-order valence-electron chi connectivity index (χ4n) is 2.97. The van der Waals surface area contributed by atoms with E-state index < -0.39 is 9.84 Å². The van der Waals surface area contributed by atoms with Crippen molar-refractivity contribution in [2.45, 2.75) is 32.9 Å². The fraction of sp³-hybridized carbons (Fsp3) is 0.471. The Morgan fingerprint density at radius 2 is 2.08 bits per heavy atom. The highest BCUT2D eigenvalue weighted by molar-refractivity contribution is 7.91. The molecule has 2 heterocycles. The summed E-state index contributed by atoms with van der Waals surface area (Å²) in [5, 5.41) is 6.23. The SMILES string of the molecule is CCN(Cc1csc(Nc2ccc(C)cc2)n1)C1CCS(=O)(=O)C1. The average Bonchev–Trinajstić information content (AvgIpc) is 3.13. The van der Waals surface area contributed by atoms with Crippen molar-refractivity contribution in [2.24, 2.45) is 0 Å². The Morgan fingerprint density at radius 3 is 2.71 bits per heavy atom. The summed E-state index contributed by atoms with van der Waals surface area (Å²) in [5.41, 5.74) is 3.24. The van der Waals surface area contributed by atoms with E-state index in [-0.39, 0.29) is 11.8 Å². The largest absolute Gasteiger partial charge is 0.332 e. The molecule has 3 rings (SSSR count). The first kappa shape index (κ1) is 17.4. The maximum Gasteiger partial charge on any atom is 0.187 e. The highest BCUT2D eigenvalue weighted by Gasteiger charge is 2.31. The summed E-state index contributed by atoms with van der Waals surface area (Å²) in [4.78, 5) is 6.86. The van der Waals surface area contributed by atoms with E-state index in [0.29, 0.717) is 12.3 Å². The van der Waals surface area contributed by atoms with Gasteiger partial charge in [-0.15, -0.1) is 11.3 Å². The number of benzene rings is 1. The molecular formula is C17H23N3O2S2. The summed E-state index contributed by atoms with van der Waals surface area (Å²) < 4.78 is 23.4. The van der Waals surface area contributed by atoms with Gasteiger partial charge in [-0.2, -0.15) is 0 Å². The predicted molar refractivity (Wildman–Crippen MR) is 99.7 cm³/mol. The highest BCUT2D eigenvalue weighted by atomic mass is 32.2. The zero-order chi connectivity index (χ0) is 17.2. The summed E-state index contributed by atoms with van der Waals surface area (Å²) in [5.74, 6) is 0.588. The number of nitrogens with one attached hydrogen (secondary N) is 1. The normalized spacial score (nSPS) is 19.7. The van der Waals surface area contributed by atoms with Crippen LogP contribution in [0.3, 0.4) is 0 Å². The van der Waals surface area contributed by atoms with Gasteiger partial charge in [0.2, 0.25) is 0 Å². The Hall–Kier alpha value is -1.44. The second-order valence-electron chi connectivity index (χ2n) is 6.25. The maximum absolute atomic E-state index is 11.7. The van der Waals surface area contributed by atoms with Crippen LogP contribution in [0.25, 0.3) is 0 Å². The lowest BCUT2D eigenvalue weighted by Crippen LogP contribution is -2.35. The topological polar surface area (TPSA) is 62.3 Å². The molecule has 0 bridgehead atoms. The molecule has 5 nitrogen and oxygen atoms in total. The molecule has 1 N–H and O–H groups in total. The van der Waals surface area contributed by atoms with Crippen molar-refractivity contribution in [2.75, 3.05) is 23.4 Å². The van der Waals surface area contributed by atoms with Crippen molar-refractivity contribution in [3.63, 3.8) is 0 Å². The Bertz CT molecular complexity index is 784. The van der Waals surface area contributed by atoms with Crippen LogP contribution in [0, 0.1) is 6.92 Å². The number of anilines is 2. The van der Waals surface area contributed by atoms with Crippen LogP contribution in [-0.4, -0.2) is 42.4 Å². The van der Waals surface area contributed by atoms with Gasteiger partial charge in [-0.05, 0) is 32.0 Å². The highest BCUT2D eigenvalue weighted by Crippen LogP contribution is 2.24. The molecule has 1 unspecified atom stereocenters. The van der Waals surface area contributed by atoms with Gasteiger partial charge >= 0.3 is 0 Å². The molecule has 1 atom stereocenters. The van der Waals surface area contributed by atoms with Crippen LogP contribution >= 0.6 is 11.3 Å². The fourth-order valence-corrected chi connectivity index (χ4v) is 5.45. The van der Waals surface area contributed by atoms with E-state index in [9.17, 15) is 8.42 Å². The predicted octanol–water partition coefficient (Wildman–Crippen LogP) is 3.20. The zero-order valence-electron chi connectivity index (χ0n) is 14.0. The number of aromatic nitrogens is 1. The molecular weight excluding hydrogens is 342 g/mol. The number of sulfone groups is 1. The zero-order valence-corrected chi connectivity index (χ0v) is 15.7. The van der Waals surface area contributed by atoms with Gasteiger partial charge in [0.1, 0.15) is 0 Å². The third-order valence-corrected chi connectivity index (χ3v) is 6.91. The molecule has 0 amide bonds. The number of thiazole rings is 1. The first-order valence-electron chi connectivity index (χ1n) is 8.18. The van der Waals surface area contributed by atoms with E-state index in [0.717, 1.165) is 29.5 Å². The second kappa shape index (κ2) is 7.21. The maximum atomic E-state index is 11.7. The van der Waals surface area contributed by atoms with Crippen molar-refractivity contribution in [1.29, 1.82) is 0 Å². The summed E-state index contributed by atoms with van der Waals surface area (Å²) >= 11 is 1.58. The smallest absolute Gasteiger partial charge is 0.187 e. The molecule has 1 fully saturated rings. The molecule has 1 aliphatic rings. The number of nitrogens with zero attached hydrogens (tertiary/aromatic N) is 2. The Labute approximate surface area is 147 Å². The molecule has 1 saturated heterocycles. The first-order valence-corrected chi connectivity index (χ1v) is 10.9. The molecule has 0 spiro atoms. The molecule has 1 aromatic carbocycles. The molecule has 7 heteroatoms. The molecule has 24 heavy (non-hydrogen) atoms. The summed E-state index contributed by atoms with van der Waals surface area (Å²) in [6.45, 7) is 5.66. The van der Waals surface area contributed by atoms with Crippen molar-refractivity contribution in [1.82, 2.24) is 9.88 Å². The van der Waals surface area contributed by atoms with Crippen molar-refractivity contribution < 1.29 is 8.42 Å². The molecule has 130 valence electrons. The lowest BCUT2D eigenvalue weighted by atomic mass is 10.2. The van der Waals surface area contributed by atoms with Crippen LogP contribution < -0.4 is 5.32 Å². The average molecular weight is 366 g/mol. The molecule has 0 saturated carbocycles. The van der Waals surface area contributed by atoms with Gasteiger partial charge < -0.3 is 5.32 Å². The number of hydrogen-bond acceptors (Lipinski definition) is 6. The number of hydrogen-bond donors (Lipinski definition) is 1. The Morgan fingerprint density at radius 1 is 1.33 bits per heavy atom. The molecule has 0 radical (unpaired) electrons. The van der Waals surface area contributed by atoms with Crippen LogP contribution in [-0.2, 0) is 16.4 Å². The first-order chi connectivity index (χ1) is 11.4. The van der Waals surface area contributed by atoms with Gasteiger partial charge in [0.05, 0.1) is 17.2 Å². The van der Waals surface area contributed by atoms with E-state index in [4.69, 9.17) is 0 Å². The summed E-state index contributed by atoms with van der Waals surface area (Å²) in [6, 6.07) is 8.33. The molecule has 2 aromatic rings. The standard InChI is InChI=1S/C17H23N3O2S2/c1-3-20(16-8-9-24(21,22)12-16)10-15-11-23-17(19-15)18-14-6-4-13(2)5-7-14/h4-7,11,16H,3,8-10,12H2,1-2H3,(H,18,19). The van der Waals surface area contributed by atoms with Gasteiger partial charge in [-0.1, -0.05) is 24.6 Å². The second-order valence-corrected chi connectivity index (χ2v) is 9.34. The van der Waals surface area contributed by atoms with Crippen LogP contribution in [0.2, 0.25) is 0 Å². The number of rotatable bonds is 6. The van der Waals surface area contributed by atoms with E-state index >= 15 is 0 Å². The molecule has 1 aromatic heterocycles. The third kappa shape index (κ3) is 4.34. The van der Waals surface area contributed by atoms with Gasteiger partial charge in [-0.3, -0.25) is 4.90 Å². The van der Waals surface area contributed by atoms with E-state index in [1.807, 2.05) is 17.5 Å². The van der Waals surface area contributed by atoms with E-state index in [1.165, 1.54) is 5.56 Å². The summed E-state index contributed by atoms with van der Waals surface area (Å²) in [7, 11) is -2.85. The lowest BCUT2D eigenvalue weighted by molar-refractivity contribution is 0.213. The lowest BCUT2D eigenvalue weighted by Gasteiger charge is -2.25. The van der Waals surface area contributed by atoms with E-state index in [2.05, 4.69) is 41.2 Å².